The molecule has 0 spiro atoms. The first-order chi connectivity index (χ1) is 8.70. The predicted octanol–water partition coefficient (Wildman–Crippen LogP) is 4.05. The van der Waals surface area contributed by atoms with Crippen molar-refractivity contribution in [2.75, 3.05) is 31.7 Å². The minimum Gasteiger partial charge on any atom is -0.379 e. The van der Waals surface area contributed by atoms with Gasteiger partial charge in [0.05, 0.1) is 6.61 Å². The molecule has 18 heavy (non-hydrogen) atoms. The second-order valence-electron chi connectivity index (χ2n) is 4.85. The minimum absolute atomic E-state index is 0.530. The van der Waals surface area contributed by atoms with Crippen molar-refractivity contribution in [2.45, 2.75) is 18.7 Å². The maximum absolute atomic E-state index is 5.98. The lowest BCUT2D eigenvalue weighted by atomic mass is 10.2. The molecule has 0 amide bonds. The van der Waals surface area contributed by atoms with Gasteiger partial charge in [0, 0.05) is 36.2 Å². The van der Waals surface area contributed by atoms with E-state index in [1.54, 1.807) is 0 Å². The highest BCUT2D eigenvalue weighted by Gasteiger charge is 2.21. The van der Waals surface area contributed by atoms with E-state index in [-0.39, 0.29) is 0 Å². The van der Waals surface area contributed by atoms with E-state index < -0.39 is 0 Å². The molecule has 2 rings (SSSR count). The Morgan fingerprint density at radius 3 is 2.89 bits per heavy atom. The van der Waals surface area contributed by atoms with Gasteiger partial charge < -0.3 is 9.64 Å². The molecule has 4 heteroatoms. The van der Waals surface area contributed by atoms with Gasteiger partial charge in [0.1, 0.15) is 0 Å². The van der Waals surface area contributed by atoms with Crippen molar-refractivity contribution in [2.24, 2.45) is 5.92 Å². The summed E-state index contributed by atoms with van der Waals surface area (Å²) in [5.41, 5.74) is 2.33. The number of hydrogen-bond donors (Lipinski definition) is 0. The summed E-state index contributed by atoms with van der Waals surface area (Å²) in [6.07, 6.45) is 2.69. The number of rotatable bonds is 7. The number of alkyl halides is 1. The third-order valence-corrected chi connectivity index (χ3v) is 4.00. The first-order valence-electron chi connectivity index (χ1n) is 6.34. The zero-order chi connectivity index (χ0) is 13.0. The second-order valence-corrected chi connectivity index (χ2v) is 6.03. The Morgan fingerprint density at radius 2 is 2.22 bits per heavy atom. The smallest absolute Gasteiger partial charge is 0.0641 e. The fourth-order valence-corrected chi connectivity index (χ4v) is 2.51. The Labute approximate surface area is 122 Å². The fraction of sp³-hybridized carbons (Fsp3) is 0.571. The zero-order valence-electron chi connectivity index (χ0n) is 10.7. The number of ether oxygens (including phenoxy) is 1. The van der Waals surface area contributed by atoms with Crippen molar-refractivity contribution < 1.29 is 4.74 Å². The monoisotopic (exact) mass is 331 g/mol. The lowest BCUT2D eigenvalue weighted by Crippen LogP contribution is -2.23. The Balaban J connectivity index is 1.84. The van der Waals surface area contributed by atoms with Crippen LogP contribution in [-0.2, 0) is 10.6 Å². The molecule has 0 saturated heterocycles. The van der Waals surface area contributed by atoms with Crippen LogP contribution in [0.3, 0.4) is 0 Å². The number of benzene rings is 1. The standard InChI is InChI=1S/C14H19BrClNO/c1-17(6-7-18-10-11-2-3-11)14-5-4-13(15)8-12(14)9-16/h4-5,8,11H,2-3,6-7,9-10H2,1H3. The minimum atomic E-state index is 0.530. The van der Waals surface area contributed by atoms with Crippen molar-refractivity contribution in [1.29, 1.82) is 0 Å². The van der Waals surface area contributed by atoms with Crippen LogP contribution in [0.15, 0.2) is 22.7 Å². The quantitative estimate of drug-likeness (QED) is 0.552. The van der Waals surface area contributed by atoms with E-state index in [4.69, 9.17) is 16.3 Å². The molecule has 1 saturated carbocycles. The van der Waals surface area contributed by atoms with Crippen molar-refractivity contribution in [1.82, 2.24) is 0 Å². The maximum Gasteiger partial charge on any atom is 0.0641 e. The Hall–Kier alpha value is -0.250. The van der Waals surface area contributed by atoms with Crippen molar-refractivity contribution >= 4 is 33.2 Å². The summed E-state index contributed by atoms with van der Waals surface area (Å²) in [5, 5.41) is 0. The van der Waals surface area contributed by atoms with Gasteiger partial charge in [-0.1, -0.05) is 15.9 Å². The third kappa shape index (κ3) is 4.15. The molecule has 0 N–H and O–H groups in total. The average molecular weight is 333 g/mol. The third-order valence-electron chi connectivity index (χ3n) is 3.22. The van der Waals surface area contributed by atoms with E-state index in [2.05, 4.69) is 40.0 Å². The van der Waals surface area contributed by atoms with Gasteiger partial charge in [-0.15, -0.1) is 11.6 Å². The molecule has 0 heterocycles. The highest BCUT2D eigenvalue weighted by atomic mass is 79.9. The van der Waals surface area contributed by atoms with Crippen LogP contribution in [0.4, 0.5) is 5.69 Å². The second kappa shape index (κ2) is 6.78. The SMILES string of the molecule is CN(CCOCC1CC1)c1ccc(Br)cc1CCl. The maximum atomic E-state index is 5.98. The molecular weight excluding hydrogens is 314 g/mol. The van der Waals surface area contributed by atoms with Gasteiger partial charge in [-0.2, -0.15) is 0 Å². The predicted molar refractivity (Wildman–Crippen MR) is 80.5 cm³/mol. The molecule has 1 aliphatic carbocycles. The zero-order valence-corrected chi connectivity index (χ0v) is 13.0. The molecule has 0 aliphatic heterocycles. The Kier molecular flexibility index (Phi) is 5.34. The van der Waals surface area contributed by atoms with Gasteiger partial charge in [0.2, 0.25) is 0 Å². The highest BCUT2D eigenvalue weighted by Crippen LogP contribution is 2.29. The number of halogens is 2. The van der Waals surface area contributed by atoms with Gasteiger partial charge in [-0.25, -0.2) is 0 Å². The molecule has 0 atom stereocenters. The van der Waals surface area contributed by atoms with E-state index >= 15 is 0 Å². The fourth-order valence-electron chi connectivity index (χ4n) is 1.89. The van der Waals surface area contributed by atoms with E-state index in [9.17, 15) is 0 Å². The number of anilines is 1. The number of nitrogens with zero attached hydrogens (tertiary/aromatic N) is 1. The van der Waals surface area contributed by atoms with Crippen LogP contribution in [0.1, 0.15) is 18.4 Å². The lowest BCUT2D eigenvalue weighted by molar-refractivity contribution is 0.131. The molecule has 0 unspecified atom stereocenters. The summed E-state index contributed by atoms with van der Waals surface area (Å²) >= 11 is 9.45. The summed E-state index contributed by atoms with van der Waals surface area (Å²) in [4.78, 5) is 2.21. The molecule has 0 bridgehead atoms. The van der Waals surface area contributed by atoms with Crippen LogP contribution in [0, 0.1) is 5.92 Å². The normalized spacial score (nSPS) is 14.8. The van der Waals surface area contributed by atoms with Gasteiger partial charge in [-0.3, -0.25) is 0 Å². The highest BCUT2D eigenvalue weighted by molar-refractivity contribution is 9.10. The van der Waals surface area contributed by atoms with Crippen molar-refractivity contribution in [3.8, 4) is 0 Å². The van der Waals surface area contributed by atoms with Crippen LogP contribution >= 0.6 is 27.5 Å². The topological polar surface area (TPSA) is 12.5 Å². The van der Waals surface area contributed by atoms with Crippen molar-refractivity contribution in [3.63, 3.8) is 0 Å². The summed E-state index contributed by atoms with van der Waals surface area (Å²) in [6, 6.07) is 6.22. The molecule has 0 aromatic heterocycles. The molecule has 2 nitrogen and oxygen atoms in total. The summed E-state index contributed by atoms with van der Waals surface area (Å²) in [7, 11) is 2.08. The van der Waals surface area contributed by atoms with Gasteiger partial charge in [0.15, 0.2) is 0 Å². The Bertz CT molecular complexity index is 395. The molecule has 1 aliphatic rings. The van der Waals surface area contributed by atoms with E-state index in [1.807, 2.05) is 6.07 Å². The number of hydrogen-bond acceptors (Lipinski definition) is 2. The molecular formula is C14H19BrClNO. The van der Waals surface area contributed by atoms with Crippen LogP contribution in [-0.4, -0.2) is 26.8 Å². The van der Waals surface area contributed by atoms with Gasteiger partial charge in [-0.05, 0) is 42.5 Å². The first-order valence-corrected chi connectivity index (χ1v) is 7.66. The summed E-state index contributed by atoms with van der Waals surface area (Å²) < 4.78 is 6.73. The summed E-state index contributed by atoms with van der Waals surface area (Å²) in [6.45, 7) is 2.61. The number of likely N-dealkylation sites (N-methyl/N-ethyl adjacent to an activating group) is 1. The van der Waals surface area contributed by atoms with E-state index in [0.717, 1.165) is 35.7 Å². The molecule has 1 aromatic rings. The lowest BCUT2D eigenvalue weighted by Gasteiger charge is -2.22. The van der Waals surface area contributed by atoms with Crippen LogP contribution in [0.5, 0.6) is 0 Å². The molecule has 1 fully saturated rings. The van der Waals surface area contributed by atoms with Crippen LogP contribution < -0.4 is 4.90 Å². The van der Waals surface area contributed by atoms with Gasteiger partial charge >= 0.3 is 0 Å². The average Bonchev–Trinajstić information content (AvgIpc) is 3.18. The molecule has 0 radical (unpaired) electrons. The van der Waals surface area contributed by atoms with Crippen LogP contribution in [0.25, 0.3) is 0 Å². The molecule has 1 aromatic carbocycles. The largest absolute Gasteiger partial charge is 0.379 e. The summed E-state index contributed by atoms with van der Waals surface area (Å²) in [5.74, 6) is 1.36. The van der Waals surface area contributed by atoms with E-state index in [0.29, 0.717) is 5.88 Å². The van der Waals surface area contributed by atoms with Crippen LogP contribution in [0.2, 0.25) is 0 Å². The molecule has 100 valence electrons. The Morgan fingerprint density at radius 1 is 1.44 bits per heavy atom. The van der Waals surface area contributed by atoms with Crippen molar-refractivity contribution in [3.05, 3.63) is 28.2 Å². The first kappa shape index (κ1) is 14.2. The van der Waals surface area contributed by atoms with Gasteiger partial charge in [0.25, 0.3) is 0 Å². The van der Waals surface area contributed by atoms with E-state index in [1.165, 1.54) is 18.5 Å².